The van der Waals surface area contributed by atoms with E-state index in [0.717, 1.165) is 50.5 Å². The average molecular weight is 372 g/mol. The van der Waals surface area contributed by atoms with Gasteiger partial charge in [-0.1, -0.05) is 33.2 Å². The third kappa shape index (κ3) is 2.61. The molecule has 2 heterocycles. The zero-order valence-corrected chi connectivity index (χ0v) is 14.1. The Morgan fingerprint density at radius 2 is 2.04 bits per heavy atom. The maximum Gasteiger partial charge on any atom is 0.167 e. The molecule has 5 heteroatoms. The third-order valence-corrected chi connectivity index (χ3v) is 4.38. The summed E-state index contributed by atoms with van der Waals surface area (Å²) in [5, 5.41) is 4.21. The predicted molar refractivity (Wildman–Crippen MR) is 90.8 cm³/mol. The summed E-state index contributed by atoms with van der Waals surface area (Å²) in [6.45, 7) is 0.692. The van der Waals surface area contributed by atoms with Gasteiger partial charge in [-0.25, -0.2) is 0 Å². The fraction of sp³-hybridized carbons (Fsp3) is 0.167. The molecule has 0 fully saturated rings. The molecule has 0 atom stereocenters. The van der Waals surface area contributed by atoms with Crippen LogP contribution >= 0.6 is 15.9 Å². The van der Waals surface area contributed by atoms with Gasteiger partial charge in [0.1, 0.15) is 5.69 Å². The van der Waals surface area contributed by atoms with Crippen LogP contribution in [0.3, 0.4) is 0 Å². The van der Waals surface area contributed by atoms with Crippen LogP contribution in [-0.2, 0) is 6.42 Å². The van der Waals surface area contributed by atoms with Gasteiger partial charge in [0.2, 0.25) is 0 Å². The molecule has 0 spiro atoms. The number of hydrogen-bond acceptors (Lipinski definition) is 4. The summed E-state index contributed by atoms with van der Waals surface area (Å²) in [4.78, 5) is 0. The quantitative estimate of drug-likeness (QED) is 0.668. The van der Waals surface area contributed by atoms with Crippen LogP contribution in [0.5, 0.6) is 11.5 Å². The van der Waals surface area contributed by atoms with Crippen molar-refractivity contribution in [1.29, 1.82) is 0 Å². The topological polar surface area (TPSA) is 44.5 Å². The molecule has 1 aromatic heterocycles. The van der Waals surface area contributed by atoms with Gasteiger partial charge in [-0.05, 0) is 24.3 Å². The highest BCUT2D eigenvalue weighted by Crippen LogP contribution is 2.40. The fourth-order valence-corrected chi connectivity index (χ4v) is 3.16. The summed E-state index contributed by atoms with van der Waals surface area (Å²) in [6, 6.07) is 13.9. The molecule has 1 aliphatic heterocycles. The van der Waals surface area contributed by atoms with Crippen LogP contribution in [0.4, 0.5) is 0 Å². The Balaban J connectivity index is 1.75. The summed E-state index contributed by atoms with van der Waals surface area (Å²) in [5.74, 6) is 2.31. The van der Waals surface area contributed by atoms with Crippen molar-refractivity contribution >= 4 is 15.9 Å². The van der Waals surface area contributed by atoms with Gasteiger partial charge in [0.25, 0.3) is 0 Å². The lowest BCUT2D eigenvalue weighted by atomic mass is 10.0. The first-order chi connectivity index (χ1) is 11.2. The van der Waals surface area contributed by atoms with Crippen molar-refractivity contribution in [3.63, 3.8) is 0 Å². The first kappa shape index (κ1) is 14.3. The van der Waals surface area contributed by atoms with Crippen molar-refractivity contribution in [3.8, 4) is 34.1 Å². The van der Waals surface area contributed by atoms with E-state index in [2.05, 4.69) is 27.2 Å². The number of rotatable bonds is 3. The molecular weight excluding hydrogens is 358 g/mol. The minimum Gasteiger partial charge on any atom is -0.493 e. The Hall–Kier alpha value is -2.27. The van der Waals surface area contributed by atoms with Crippen molar-refractivity contribution in [1.82, 2.24) is 5.16 Å². The molecule has 116 valence electrons. The fourth-order valence-electron chi connectivity index (χ4n) is 2.76. The number of benzene rings is 2. The standard InChI is InChI=1S/C18H14BrNO3/c1-21-17-9-13(7-12-5-6-22-18(12)17)15-10-16(23-20-15)11-3-2-4-14(19)8-11/h2-4,7-10H,5-6H2,1H3. The minimum atomic E-state index is 0.692. The number of ether oxygens (including phenoxy) is 2. The average Bonchev–Trinajstić information content (AvgIpc) is 3.23. The summed E-state index contributed by atoms with van der Waals surface area (Å²) >= 11 is 3.47. The molecule has 4 nitrogen and oxygen atoms in total. The minimum absolute atomic E-state index is 0.692. The van der Waals surface area contributed by atoms with Crippen LogP contribution in [-0.4, -0.2) is 18.9 Å². The Kier molecular flexibility index (Phi) is 3.58. The van der Waals surface area contributed by atoms with E-state index >= 15 is 0 Å². The van der Waals surface area contributed by atoms with E-state index in [4.69, 9.17) is 14.0 Å². The maximum absolute atomic E-state index is 5.62. The molecule has 0 saturated heterocycles. The van der Waals surface area contributed by atoms with E-state index in [1.165, 1.54) is 0 Å². The highest BCUT2D eigenvalue weighted by Gasteiger charge is 2.20. The molecule has 0 aliphatic carbocycles. The monoisotopic (exact) mass is 371 g/mol. The Morgan fingerprint density at radius 1 is 1.13 bits per heavy atom. The highest BCUT2D eigenvalue weighted by atomic mass is 79.9. The van der Waals surface area contributed by atoms with E-state index in [1.807, 2.05) is 36.4 Å². The first-order valence-corrected chi connectivity index (χ1v) is 8.10. The van der Waals surface area contributed by atoms with Crippen LogP contribution in [0, 0.1) is 0 Å². The third-order valence-electron chi connectivity index (χ3n) is 3.88. The van der Waals surface area contributed by atoms with Crippen molar-refractivity contribution in [2.24, 2.45) is 0 Å². The molecule has 0 amide bonds. The van der Waals surface area contributed by atoms with E-state index in [1.54, 1.807) is 7.11 Å². The number of fused-ring (bicyclic) bond motifs is 1. The maximum atomic E-state index is 5.62. The van der Waals surface area contributed by atoms with E-state index in [0.29, 0.717) is 6.61 Å². The van der Waals surface area contributed by atoms with Gasteiger partial charge in [-0.15, -0.1) is 0 Å². The van der Waals surface area contributed by atoms with Gasteiger partial charge in [0.15, 0.2) is 17.3 Å². The molecule has 23 heavy (non-hydrogen) atoms. The molecule has 0 saturated carbocycles. The van der Waals surface area contributed by atoms with Crippen molar-refractivity contribution in [2.45, 2.75) is 6.42 Å². The molecule has 0 N–H and O–H groups in total. The second kappa shape index (κ2) is 5.74. The Bertz CT molecular complexity index is 872. The molecule has 2 aromatic carbocycles. The van der Waals surface area contributed by atoms with Gasteiger partial charge in [0.05, 0.1) is 13.7 Å². The van der Waals surface area contributed by atoms with Crippen molar-refractivity contribution in [3.05, 3.63) is 52.5 Å². The normalized spacial score (nSPS) is 12.8. The number of methoxy groups -OCH3 is 1. The number of nitrogens with zero attached hydrogens (tertiary/aromatic N) is 1. The lowest BCUT2D eigenvalue weighted by Crippen LogP contribution is -1.91. The zero-order valence-electron chi connectivity index (χ0n) is 12.5. The molecular formula is C18H14BrNO3. The SMILES string of the molecule is COc1cc(-c2cc(-c3cccc(Br)c3)on2)cc2c1OCC2. The Morgan fingerprint density at radius 3 is 2.87 bits per heavy atom. The smallest absolute Gasteiger partial charge is 0.167 e. The van der Waals surface area contributed by atoms with Crippen LogP contribution in [0.15, 0.2) is 51.5 Å². The summed E-state index contributed by atoms with van der Waals surface area (Å²) < 4.78 is 17.6. The number of hydrogen-bond donors (Lipinski definition) is 0. The lowest BCUT2D eigenvalue weighted by Gasteiger charge is -2.08. The summed E-state index contributed by atoms with van der Waals surface area (Å²) in [5.41, 5.74) is 3.88. The van der Waals surface area contributed by atoms with Crippen molar-refractivity contribution < 1.29 is 14.0 Å². The number of halogens is 1. The van der Waals surface area contributed by atoms with Gasteiger partial charge >= 0.3 is 0 Å². The van der Waals surface area contributed by atoms with Crippen LogP contribution in [0.25, 0.3) is 22.6 Å². The molecule has 1 aliphatic rings. The molecule has 0 radical (unpaired) electrons. The largest absolute Gasteiger partial charge is 0.493 e. The summed E-state index contributed by atoms with van der Waals surface area (Å²) in [7, 11) is 1.65. The lowest BCUT2D eigenvalue weighted by molar-refractivity contribution is 0.326. The van der Waals surface area contributed by atoms with Gasteiger partial charge in [-0.3, -0.25) is 0 Å². The van der Waals surface area contributed by atoms with Crippen LogP contribution < -0.4 is 9.47 Å². The van der Waals surface area contributed by atoms with E-state index in [-0.39, 0.29) is 0 Å². The van der Waals surface area contributed by atoms with Crippen molar-refractivity contribution in [2.75, 3.05) is 13.7 Å². The van der Waals surface area contributed by atoms with Crippen LogP contribution in [0.2, 0.25) is 0 Å². The van der Waals surface area contributed by atoms with Crippen LogP contribution in [0.1, 0.15) is 5.56 Å². The number of aromatic nitrogens is 1. The summed E-state index contributed by atoms with van der Waals surface area (Å²) in [6.07, 6.45) is 0.885. The van der Waals surface area contributed by atoms with Gasteiger partial charge < -0.3 is 14.0 Å². The predicted octanol–water partition coefficient (Wildman–Crippen LogP) is 4.71. The highest BCUT2D eigenvalue weighted by molar-refractivity contribution is 9.10. The second-order valence-electron chi connectivity index (χ2n) is 5.35. The van der Waals surface area contributed by atoms with Gasteiger partial charge in [-0.2, -0.15) is 0 Å². The zero-order chi connectivity index (χ0) is 15.8. The molecule has 3 aromatic rings. The van der Waals surface area contributed by atoms with E-state index in [9.17, 15) is 0 Å². The Labute approximate surface area is 142 Å². The van der Waals surface area contributed by atoms with Gasteiger partial charge in [0, 0.05) is 33.7 Å². The van der Waals surface area contributed by atoms with E-state index < -0.39 is 0 Å². The first-order valence-electron chi connectivity index (χ1n) is 7.31. The molecule has 0 bridgehead atoms. The molecule has 0 unspecified atom stereocenters. The second-order valence-corrected chi connectivity index (χ2v) is 6.27. The molecule has 4 rings (SSSR count).